The molecule has 2 aromatic carbocycles. The largest absolute Gasteiger partial charge is 0.494 e. The molecule has 24 heavy (non-hydrogen) atoms. The highest BCUT2D eigenvalue weighted by atomic mass is 16.5. The highest BCUT2D eigenvalue weighted by molar-refractivity contribution is 5.62. The molecule has 3 atom stereocenters. The molecule has 2 aromatic rings. The summed E-state index contributed by atoms with van der Waals surface area (Å²) in [6.45, 7) is 5.14. The summed E-state index contributed by atoms with van der Waals surface area (Å²) >= 11 is 0. The minimum atomic E-state index is 0.376. The Morgan fingerprint density at radius 1 is 1.12 bits per heavy atom. The first kappa shape index (κ1) is 15.3. The van der Waals surface area contributed by atoms with Gasteiger partial charge in [0.1, 0.15) is 5.75 Å². The number of allylic oxidation sites excluding steroid dienone is 2. The van der Waals surface area contributed by atoms with E-state index < -0.39 is 0 Å². The summed E-state index contributed by atoms with van der Waals surface area (Å²) in [6, 6.07) is 15.7. The lowest BCUT2D eigenvalue weighted by Crippen LogP contribution is -2.29. The molecule has 3 unspecified atom stereocenters. The van der Waals surface area contributed by atoms with Crippen LogP contribution < -0.4 is 10.1 Å². The van der Waals surface area contributed by atoms with Gasteiger partial charge in [0.2, 0.25) is 0 Å². The van der Waals surface area contributed by atoms with E-state index in [2.05, 4.69) is 73.8 Å². The Balaban J connectivity index is 1.71. The third kappa shape index (κ3) is 2.60. The molecular formula is C22H25NO. The van der Waals surface area contributed by atoms with Crippen molar-refractivity contribution in [2.24, 2.45) is 5.92 Å². The Bertz CT molecular complexity index is 764. The van der Waals surface area contributed by atoms with Crippen LogP contribution in [0.25, 0.3) is 0 Å². The summed E-state index contributed by atoms with van der Waals surface area (Å²) in [7, 11) is 0. The lowest BCUT2D eigenvalue weighted by Gasteiger charge is -2.38. The fourth-order valence-electron chi connectivity index (χ4n) is 4.13. The first-order chi connectivity index (χ1) is 11.8. The molecule has 0 bridgehead atoms. The molecule has 0 saturated carbocycles. The minimum absolute atomic E-state index is 0.376. The summed E-state index contributed by atoms with van der Waals surface area (Å²) < 4.78 is 5.85. The summed E-state index contributed by atoms with van der Waals surface area (Å²) in [5, 5.41) is 3.81. The monoisotopic (exact) mass is 319 g/mol. The number of anilines is 1. The summed E-state index contributed by atoms with van der Waals surface area (Å²) in [5.41, 5.74) is 5.42. The number of benzene rings is 2. The third-order valence-corrected chi connectivity index (χ3v) is 5.33. The number of rotatable bonds is 4. The van der Waals surface area contributed by atoms with Gasteiger partial charge in [-0.05, 0) is 60.6 Å². The van der Waals surface area contributed by atoms with Crippen LogP contribution in [0.1, 0.15) is 48.4 Å². The molecule has 2 heteroatoms. The quantitative estimate of drug-likeness (QED) is 0.740. The van der Waals surface area contributed by atoms with Gasteiger partial charge in [-0.15, -0.1) is 0 Å². The zero-order valence-corrected chi connectivity index (χ0v) is 14.5. The maximum atomic E-state index is 5.85. The van der Waals surface area contributed by atoms with E-state index in [4.69, 9.17) is 4.74 Å². The SMILES string of the molecule is CCCOc1ccc2c(c1)C1C=CCC1C(c1ccccc1C)N2. The van der Waals surface area contributed by atoms with Gasteiger partial charge in [-0.2, -0.15) is 0 Å². The van der Waals surface area contributed by atoms with Crippen LogP contribution in [-0.4, -0.2) is 6.61 Å². The van der Waals surface area contributed by atoms with Crippen LogP contribution in [0.3, 0.4) is 0 Å². The summed E-state index contributed by atoms with van der Waals surface area (Å²) in [4.78, 5) is 0. The second-order valence-corrected chi connectivity index (χ2v) is 6.93. The van der Waals surface area contributed by atoms with E-state index in [0.717, 1.165) is 25.2 Å². The molecule has 1 aliphatic heterocycles. The van der Waals surface area contributed by atoms with Gasteiger partial charge in [-0.1, -0.05) is 43.3 Å². The molecule has 1 heterocycles. The van der Waals surface area contributed by atoms with E-state index in [1.54, 1.807) is 0 Å². The van der Waals surface area contributed by atoms with Crippen molar-refractivity contribution >= 4 is 5.69 Å². The highest BCUT2D eigenvalue weighted by Gasteiger charge is 2.38. The Hall–Kier alpha value is -2.22. The predicted octanol–water partition coefficient (Wildman–Crippen LogP) is 5.61. The number of fused-ring (bicyclic) bond motifs is 3. The van der Waals surface area contributed by atoms with E-state index >= 15 is 0 Å². The Kier molecular flexibility index (Phi) is 4.05. The summed E-state index contributed by atoms with van der Waals surface area (Å²) in [6.07, 6.45) is 6.91. The lowest BCUT2D eigenvalue weighted by molar-refractivity contribution is 0.316. The molecular weight excluding hydrogens is 294 g/mol. The van der Waals surface area contributed by atoms with Gasteiger partial charge in [0.15, 0.2) is 0 Å². The molecule has 4 rings (SSSR count). The van der Waals surface area contributed by atoms with Crippen LogP contribution in [0.2, 0.25) is 0 Å². The van der Waals surface area contributed by atoms with Crippen molar-refractivity contribution in [3.05, 3.63) is 71.3 Å². The van der Waals surface area contributed by atoms with E-state index in [1.165, 1.54) is 22.4 Å². The van der Waals surface area contributed by atoms with Gasteiger partial charge < -0.3 is 10.1 Å². The Morgan fingerprint density at radius 2 is 2.00 bits per heavy atom. The fourth-order valence-corrected chi connectivity index (χ4v) is 4.13. The fraction of sp³-hybridized carbons (Fsp3) is 0.364. The van der Waals surface area contributed by atoms with Gasteiger partial charge in [-0.25, -0.2) is 0 Å². The van der Waals surface area contributed by atoms with Crippen LogP contribution >= 0.6 is 0 Å². The van der Waals surface area contributed by atoms with E-state index in [0.29, 0.717) is 17.9 Å². The van der Waals surface area contributed by atoms with Gasteiger partial charge in [-0.3, -0.25) is 0 Å². The van der Waals surface area contributed by atoms with Gasteiger partial charge in [0, 0.05) is 11.6 Å². The average molecular weight is 319 g/mol. The van der Waals surface area contributed by atoms with Crippen LogP contribution in [0.15, 0.2) is 54.6 Å². The molecule has 0 fully saturated rings. The Labute approximate surface area is 144 Å². The zero-order chi connectivity index (χ0) is 16.5. The normalized spacial score (nSPS) is 24.2. The van der Waals surface area contributed by atoms with Gasteiger partial charge in [0.25, 0.3) is 0 Å². The number of aryl methyl sites for hydroxylation is 1. The van der Waals surface area contributed by atoms with Gasteiger partial charge in [0.05, 0.1) is 12.6 Å². The van der Waals surface area contributed by atoms with Crippen LogP contribution in [0.4, 0.5) is 5.69 Å². The van der Waals surface area contributed by atoms with Crippen molar-refractivity contribution in [3.8, 4) is 5.75 Å². The average Bonchev–Trinajstić information content (AvgIpc) is 3.10. The molecule has 0 radical (unpaired) electrons. The molecule has 0 spiro atoms. The zero-order valence-electron chi connectivity index (χ0n) is 14.5. The lowest BCUT2D eigenvalue weighted by atomic mass is 9.76. The molecule has 124 valence electrons. The van der Waals surface area contributed by atoms with E-state index in [9.17, 15) is 0 Å². The molecule has 0 saturated heterocycles. The van der Waals surface area contributed by atoms with Crippen LogP contribution in [-0.2, 0) is 0 Å². The summed E-state index contributed by atoms with van der Waals surface area (Å²) in [5.74, 6) is 2.06. The van der Waals surface area contributed by atoms with Crippen LogP contribution in [0, 0.1) is 12.8 Å². The van der Waals surface area contributed by atoms with Crippen molar-refractivity contribution in [1.29, 1.82) is 0 Å². The molecule has 2 aliphatic rings. The van der Waals surface area contributed by atoms with Crippen molar-refractivity contribution < 1.29 is 4.74 Å². The van der Waals surface area contributed by atoms with Crippen molar-refractivity contribution in [3.63, 3.8) is 0 Å². The Morgan fingerprint density at radius 3 is 2.83 bits per heavy atom. The van der Waals surface area contributed by atoms with Crippen molar-refractivity contribution in [2.45, 2.75) is 38.6 Å². The smallest absolute Gasteiger partial charge is 0.119 e. The maximum Gasteiger partial charge on any atom is 0.119 e. The second-order valence-electron chi connectivity index (χ2n) is 6.93. The molecule has 2 nitrogen and oxygen atoms in total. The number of ether oxygens (including phenoxy) is 1. The number of nitrogens with one attached hydrogen (secondary N) is 1. The number of hydrogen-bond donors (Lipinski definition) is 1. The van der Waals surface area contributed by atoms with E-state index in [1.807, 2.05) is 0 Å². The van der Waals surface area contributed by atoms with E-state index in [-0.39, 0.29) is 0 Å². The molecule has 0 aromatic heterocycles. The second kappa shape index (κ2) is 6.35. The predicted molar refractivity (Wildman–Crippen MR) is 99.8 cm³/mol. The maximum absolute atomic E-state index is 5.85. The van der Waals surface area contributed by atoms with Crippen molar-refractivity contribution in [1.82, 2.24) is 0 Å². The molecule has 1 N–H and O–H groups in total. The first-order valence-electron chi connectivity index (χ1n) is 9.03. The number of hydrogen-bond acceptors (Lipinski definition) is 2. The molecule has 1 aliphatic carbocycles. The third-order valence-electron chi connectivity index (χ3n) is 5.33. The minimum Gasteiger partial charge on any atom is -0.494 e. The van der Waals surface area contributed by atoms with Crippen LogP contribution in [0.5, 0.6) is 5.75 Å². The van der Waals surface area contributed by atoms with Gasteiger partial charge >= 0.3 is 0 Å². The van der Waals surface area contributed by atoms with Crippen molar-refractivity contribution in [2.75, 3.05) is 11.9 Å². The highest BCUT2D eigenvalue weighted by Crippen LogP contribution is 2.50. The topological polar surface area (TPSA) is 21.3 Å². The molecule has 0 amide bonds. The first-order valence-corrected chi connectivity index (χ1v) is 9.03. The standard InChI is InChI=1S/C22H25NO/c1-3-13-24-16-11-12-21-20(14-16)18-9-6-10-19(18)22(23-21)17-8-5-4-7-15(17)2/h4-9,11-12,14,18-19,22-23H,3,10,13H2,1-2H3.